The molecule has 10 heavy (non-hydrogen) atoms. The van der Waals surface area contributed by atoms with Crippen molar-refractivity contribution < 1.29 is 0 Å². The molecule has 0 aliphatic rings. The van der Waals surface area contributed by atoms with E-state index in [0.29, 0.717) is 16.9 Å². The second-order valence-corrected chi connectivity index (χ2v) is 1.96. The Morgan fingerprint density at radius 1 is 1.30 bits per heavy atom. The number of nitriles is 1. The summed E-state index contributed by atoms with van der Waals surface area (Å²) in [6.45, 7) is 0. The molecule has 1 aromatic rings. The minimum absolute atomic E-state index is 0.433. The Kier molecular flexibility index (Phi) is 1.46. The number of hydrogen-bond donors (Lipinski definition) is 2. The molecule has 0 spiro atoms. The fraction of sp³-hybridized carbons (Fsp3) is 0. The highest BCUT2D eigenvalue weighted by atomic mass is 14.6. The molecule has 0 bridgehead atoms. The molecule has 0 aliphatic carbocycles. The second kappa shape index (κ2) is 2.28. The van der Waals surface area contributed by atoms with Crippen LogP contribution in [0.2, 0.25) is 0 Å². The van der Waals surface area contributed by atoms with Crippen LogP contribution in [0.4, 0.5) is 11.4 Å². The van der Waals surface area contributed by atoms with E-state index in [-0.39, 0.29) is 0 Å². The van der Waals surface area contributed by atoms with Gasteiger partial charge in [-0.05, 0) is 18.2 Å². The molecule has 3 heteroatoms. The first kappa shape index (κ1) is 6.43. The van der Waals surface area contributed by atoms with Crippen LogP contribution in [0.25, 0.3) is 0 Å². The summed E-state index contributed by atoms with van der Waals surface area (Å²) < 4.78 is 0. The van der Waals surface area contributed by atoms with Crippen LogP contribution < -0.4 is 11.5 Å². The average Bonchev–Trinajstić information content (AvgIpc) is 1.88. The molecule has 4 N–H and O–H groups in total. The van der Waals surface area contributed by atoms with Crippen molar-refractivity contribution in [2.24, 2.45) is 0 Å². The molecule has 0 aliphatic heterocycles. The first-order chi connectivity index (χ1) is 4.74. The molecule has 0 unspecified atom stereocenters. The average molecular weight is 133 g/mol. The molecule has 0 fully saturated rings. The molecule has 1 aromatic carbocycles. The van der Waals surface area contributed by atoms with Crippen molar-refractivity contribution in [3.63, 3.8) is 0 Å². The molecule has 3 nitrogen and oxygen atoms in total. The van der Waals surface area contributed by atoms with E-state index in [1.54, 1.807) is 18.2 Å². The predicted octanol–water partition coefficient (Wildman–Crippen LogP) is 0.723. The summed E-state index contributed by atoms with van der Waals surface area (Å²) in [7, 11) is 0. The maximum Gasteiger partial charge on any atom is 0.101 e. The Bertz CT molecular complexity index is 285. The van der Waals surface area contributed by atoms with Gasteiger partial charge >= 0.3 is 0 Å². The normalized spacial score (nSPS) is 8.70. The Morgan fingerprint density at radius 3 is 2.50 bits per heavy atom. The van der Waals surface area contributed by atoms with E-state index < -0.39 is 0 Å². The first-order valence-electron chi connectivity index (χ1n) is 2.79. The molecular formula is C7H7N3. The van der Waals surface area contributed by atoms with Crippen LogP contribution in [0, 0.1) is 11.3 Å². The Balaban J connectivity index is 3.23. The van der Waals surface area contributed by atoms with Crippen LogP contribution in [0.1, 0.15) is 5.56 Å². The van der Waals surface area contributed by atoms with Gasteiger partial charge in [-0.25, -0.2) is 0 Å². The Morgan fingerprint density at radius 2 is 2.00 bits per heavy atom. The third-order valence-electron chi connectivity index (χ3n) is 1.20. The van der Waals surface area contributed by atoms with Gasteiger partial charge in [0.05, 0.1) is 11.3 Å². The summed E-state index contributed by atoms with van der Waals surface area (Å²) in [6, 6.07) is 6.76. The zero-order chi connectivity index (χ0) is 7.56. The zero-order valence-corrected chi connectivity index (χ0v) is 5.33. The largest absolute Gasteiger partial charge is 0.399 e. The molecule has 0 saturated carbocycles. The van der Waals surface area contributed by atoms with E-state index >= 15 is 0 Å². The lowest BCUT2D eigenvalue weighted by Gasteiger charge is -1.96. The van der Waals surface area contributed by atoms with Crippen molar-refractivity contribution in [3.8, 4) is 6.07 Å². The van der Waals surface area contributed by atoms with Crippen LogP contribution in [0.15, 0.2) is 18.2 Å². The standard InChI is InChI=1S/C7H7N3/c8-4-5-1-2-6(9)3-7(5)10/h1-3H,9-10H2. The summed E-state index contributed by atoms with van der Waals surface area (Å²) in [5.41, 5.74) is 12.3. The highest BCUT2D eigenvalue weighted by Crippen LogP contribution is 2.13. The van der Waals surface area contributed by atoms with Gasteiger partial charge in [0.1, 0.15) is 6.07 Å². The van der Waals surface area contributed by atoms with Gasteiger partial charge in [-0.3, -0.25) is 0 Å². The van der Waals surface area contributed by atoms with Gasteiger partial charge in [-0.15, -0.1) is 0 Å². The minimum Gasteiger partial charge on any atom is -0.399 e. The summed E-state index contributed by atoms with van der Waals surface area (Å²) in [4.78, 5) is 0. The van der Waals surface area contributed by atoms with Crippen molar-refractivity contribution in [2.45, 2.75) is 0 Å². The smallest absolute Gasteiger partial charge is 0.101 e. The maximum absolute atomic E-state index is 8.44. The van der Waals surface area contributed by atoms with E-state index in [9.17, 15) is 0 Å². The van der Waals surface area contributed by atoms with Crippen LogP contribution in [0.5, 0.6) is 0 Å². The Labute approximate surface area is 58.9 Å². The predicted molar refractivity (Wildman–Crippen MR) is 40.0 cm³/mol. The van der Waals surface area contributed by atoms with Gasteiger partial charge in [0.15, 0.2) is 0 Å². The highest BCUT2D eigenvalue weighted by Gasteiger charge is 1.95. The van der Waals surface area contributed by atoms with Crippen LogP contribution in [0.3, 0.4) is 0 Å². The molecule has 0 heterocycles. The van der Waals surface area contributed by atoms with Crippen molar-refractivity contribution in [1.29, 1.82) is 5.26 Å². The van der Waals surface area contributed by atoms with E-state index in [4.69, 9.17) is 16.7 Å². The number of benzene rings is 1. The summed E-state index contributed by atoms with van der Waals surface area (Å²) in [5, 5.41) is 8.44. The van der Waals surface area contributed by atoms with E-state index in [1.807, 2.05) is 6.07 Å². The SMILES string of the molecule is N#Cc1ccc(N)cc1N. The molecular weight excluding hydrogens is 126 g/mol. The van der Waals surface area contributed by atoms with E-state index in [0.717, 1.165) is 0 Å². The lowest BCUT2D eigenvalue weighted by Crippen LogP contribution is -1.92. The molecule has 50 valence electrons. The van der Waals surface area contributed by atoms with Crippen molar-refractivity contribution in [3.05, 3.63) is 23.8 Å². The number of hydrogen-bond acceptors (Lipinski definition) is 3. The number of anilines is 2. The van der Waals surface area contributed by atoms with Crippen LogP contribution >= 0.6 is 0 Å². The van der Waals surface area contributed by atoms with Crippen LogP contribution in [-0.4, -0.2) is 0 Å². The van der Waals surface area contributed by atoms with Gasteiger partial charge in [0.2, 0.25) is 0 Å². The van der Waals surface area contributed by atoms with Crippen molar-refractivity contribution in [1.82, 2.24) is 0 Å². The Hall–Kier alpha value is -1.69. The molecule has 0 aromatic heterocycles. The monoisotopic (exact) mass is 133 g/mol. The summed E-state index contributed by atoms with van der Waals surface area (Å²) >= 11 is 0. The lowest BCUT2D eigenvalue weighted by atomic mass is 10.2. The molecule has 0 atom stereocenters. The number of rotatable bonds is 0. The lowest BCUT2D eigenvalue weighted by molar-refractivity contribution is 1.48. The van der Waals surface area contributed by atoms with Gasteiger partial charge < -0.3 is 11.5 Å². The number of nitrogen functional groups attached to an aromatic ring is 2. The molecule has 0 saturated heterocycles. The quantitative estimate of drug-likeness (QED) is 0.512. The van der Waals surface area contributed by atoms with Crippen molar-refractivity contribution in [2.75, 3.05) is 11.5 Å². The molecule has 0 radical (unpaired) electrons. The van der Waals surface area contributed by atoms with Gasteiger partial charge in [-0.2, -0.15) is 5.26 Å². The first-order valence-corrected chi connectivity index (χ1v) is 2.79. The van der Waals surface area contributed by atoms with E-state index in [2.05, 4.69) is 0 Å². The van der Waals surface area contributed by atoms with Gasteiger partial charge in [0, 0.05) is 5.69 Å². The van der Waals surface area contributed by atoms with E-state index in [1.165, 1.54) is 0 Å². The zero-order valence-electron chi connectivity index (χ0n) is 5.33. The summed E-state index contributed by atoms with van der Waals surface area (Å²) in [5.74, 6) is 0. The van der Waals surface area contributed by atoms with Crippen molar-refractivity contribution >= 4 is 11.4 Å². The topological polar surface area (TPSA) is 75.8 Å². The molecule has 1 rings (SSSR count). The fourth-order valence-corrected chi connectivity index (χ4v) is 0.683. The number of nitrogens with two attached hydrogens (primary N) is 2. The molecule has 0 amide bonds. The third kappa shape index (κ3) is 1.00. The van der Waals surface area contributed by atoms with Gasteiger partial charge in [-0.1, -0.05) is 0 Å². The second-order valence-electron chi connectivity index (χ2n) is 1.96. The third-order valence-corrected chi connectivity index (χ3v) is 1.20. The summed E-state index contributed by atoms with van der Waals surface area (Å²) in [6.07, 6.45) is 0. The maximum atomic E-state index is 8.44. The number of nitrogens with zero attached hydrogens (tertiary/aromatic N) is 1. The van der Waals surface area contributed by atoms with Crippen LogP contribution in [-0.2, 0) is 0 Å². The fourth-order valence-electron chi connectivity index (χ4n) is 0.683. The van der Waals surface area contributed by atoms with Gasteiger partial charge in [0.25, 0.3) is 0 Å². The highest BCUT2D eigenvalue weighted by molar-refractivity contribution is 5.60. The minimum atomic E-state index is 0.433.